The molecule has 27 heavy (non-hydrogen) atoms. The van der Waals surface area contributed by atoms with Crippen LogP contribution in [0.15, 0.2) is 47.4 Å². The Morgan fingerprint density at radius 1 is 1.11 bits per heavy atom. The summed E-state index contributed by atoms with van der Waals surface area (Å²) >= 11 is 5.92. The van der Waals surface area contributed by atoms with Crippen LogP contribution in [0, 0.1) is 0 Å². The van der Waals surface area contributed by atoms with Gasteiger partial charge >= 0.3 is 0 Å². The summed E-state index contributed by atoms with van der Waals surface area (Å²) in [4.78, 5) is 14.1. The summed E-state index contributed by atoms with van der Waals surface area (Å²) in [6.07, 6.45) is 0.354. The summed E-state index contributed by atoms with van der Waals surface area (Å²) in [6, 6.07) is 10.4. The first-order chi connectivity index (χ1) is 12.9. The van der Waals surface area contributed by atoms with Crippen LogP contribution in [0.5, 0.6) is 11.5 Å². The number of halogens is 1. The summed E-state index contributed by atoms with van der Waals surface area (Å²) in [5, 5.41) is 0.258. The van der Waals surface area contributed by atoms with E-state index in [1.807, 2.05) is 0 Å². The highest BCUT2D eigenvalue weighted by atomic mass is 35.5. The second-order valence-electron chi connectivity index (χ2n) is 5.95. The first-order valence-corrected chi connectivity index (χ1v) is 10.0. The molecule has 1 fully saturated rings. The number of nitrogens with zero attached hydrogens (tertiary/aromatic N) is 1. The van der Waals surface area contributed by atoms with Crippen LogP contribution < -0.4 is 19.1 Å². The second kappa shape index (κ2) is 7.75. The highest BCUT2D eigenvalue weighted by Gasteiger charge is 2.36. The zero-order valence-corrected chi connectivity index (χ0v) is 16.4. The maximum atomic E-state index is 12.8. The first kappa shape index (κ1) is 19.5. The molecule has 0 aliphatic carbocycles. The minimum absolute atomic E-state index is 0.104. The van der Waals surface area contributed by atoms with Crippen LogP contribution in [0.2, 0.25) is 5.02 Å². The van der Waals surface area contributed by atoms with Gasteiger partial charge in [0.1, 0.15) is 22.4 Å². The number of nitrogens with one attached hydrogen (secondary N) is 1. The summed E-state index contributed by atoms with van der Waals surface area (Å²) in [6.45, 7) is 0.408. The standard InChI is InChI=1S/C18H19ClN2O5S/c1-25-14-6-4-13(5-7-14)21-10-9-15(18(21)22)20-27(23,24)17-11-12(19)3-8-16(17)26-2/h3-8,11,15,20H,9-10H2,1-2H3/t15-/m0/s1. The maximum absolute atomic E-state index is 12.8. The maximum Gasteiger partial charge on any atom is 0.245 e. The molecule has 0 bridgehead atoms. The van der Waals surface area contributed by atoms with Crippen LogP contribution in [-0.4, -0.2) is 41.1 Å². The third kappa shape index (κ3) is 4.02. The van der Waals surface area contributed by atoms with E-state index in [0.717, 1.165) is 0 Å². The second-order valence-corrected chi connectivity index (χ2v) is 8.06. The van der Waals surface area contributed by atoms with Crippen LogP contribution >= 0.6 is 11.6 Å². The molecule has 0 saturated carbocycles. The van der Waals surface area contributed by atoms with Crippen LogP contribution in [0.4, 0.5) is 5.69 Å². The van der Waals surface area contributed by atoms with Gasteiger partial charge in [-0.3, -0.25) is 4.79 Å². The Labute approximate surface area is 162 Å². The molecule has 9 heteroatoms. The number of hydrogen-bond acceptors (Lipinski definition) is 5. The van der Waals surface area contributed by atoms with Gasteiger partial charge in [-0.15, -0.1) is 0 Å². The predicted octanol–water partition coefficient (Wildman–Crippen LogP) is 2.44. The molecule has 1 saturated heterocycles. The molecule has 1 aliphatic heterocycles. The molecule has 0 aromatic heterocycles. The first-order valence-electron chi connectivity index (χ1n) is 8.17. The number of carbonyl (C=O) groups is 1. The van der Waals surface area contributed by atoms with E-state index in [0.29, 0.717) is 24.4 Å². The van der Waals surface area contributed by atoms with E-state index in [-0.39, 0.29) is 21.6 Å². The molecule has 144 valence electrons. The van der Waals surface area contributed by atoms with Crippen LogP contribution in [0.3, 0.4) is 0 Å². The molecule has 0 radical (unpaired) electrons. The van der Waals surface area contributed by atoms with Gasteiger partial charge in [-0.05, 0) is 48.9 Å². The smallest absolute Gasteiger partial charge is 0.245 e. The van der Waals surface area contributed by atoms with Crippen LogP contribution in [0.25, 0.3) is 0 Å². The van der Waals surface area contributed by atoms with E-state index in [1.54, 1.807) is 36.3 Å². The zero-order valence-electron chi connectivity index (χ0n) is 14.8. The molecule has 1 aliphatic rings. The number of carbonyl (C=O) groups excluding carboxylic acids is 1. The van der Waals surface area contributed by atoms with Gasteiger partial charge in [0, 0.05) is 17.3 Å². The van der Waals surface area contributed by atoms with Crippen molar-refractivity contribution in [2.75, 3.05) is 25.7 Å². The number of benzene rings is 2. The highest BCUT2D eigenvalue weighted by molar-refractivity contribution is 7.89. The van der Waals surface area contributed by atoms with Gasteiger partial charge in [0.05, 0.1) is 14.2 Å². The lowest BCUT2D eigenvalue weighted by atomic mass is 10.2. The van der Waals surface area contributed by atoms with Crippen molar-refractivity contribution >= 4 is 33.2 Å². The summed E-state index contributed by atoms with van der Waals surface area (Å²) in [5.41, 5.74) is 0.683. The number of hydrogen-bond donors (Lipinski definition) is 1. The van der Waals surface area contributed by atoms with Crippen molar-refractivity contribution in [1.82, 2.24) is 4.72 Å². The Morgan fingerprint density at radius 3 is 2.44 bits per heavy atom. The van der Waals surface area contributed by atoms with Gasteiger partial charge in [0.15, 0.2) is 0 Å². The minimum Gasteiger partial charge on any atom is -0.497 e. The van der Waals surface area contributed by atoms with Crippen molar-refractivity contribution in [3.8, 4) is 11.5 Å². The number of anilines is 1. The lowest BCUT2D eigenvalue weighted by molar-refractivity contribution is -0.118. The molecule has 3 rings (SSSR count). The number of sulfonamides is 1. The van der Waals surface area contributed by atoms with Gasteiger partial charge < -0.3 is 14.4 Å². The van der Waals surface area contributed by atoms with Crippen molar-refractivity contribution in [3.05, 3.63) is 47.5 Å². The van der Waals surface area contributed by atoms with Crippen molar-refractivity contribution in [3.63, 3.8) is 0 Å². The average molecular weight is 411 g/mol. The van der Waals surface area contributed by atoms with Crippen molar-refractivity contribution in [2.24, 2.45) is 0 Å². The number of methoxy groups -OCH3 is 2. The monoisotopic (exact) mass is 410 g/mol. The van der Waals surface area contributed by atoms with Crippen LogP contribution in [-0.2, 0) is 14.8 Å². The minimum atomic E-state index is -3.99. The lowest BCUT2D eigenvalue weighted by Gasteiger charge is -2.18. The molecule has 1 atom stereocenters. The fraction of sp³-hybridized carbons (Fsp3) is 0.278. The summed E-state index contributed by atoms with van der Waals surface area (Å²) < 4.78 is 38.2. The zero-order chi connectivity index (χ0) is 19.6. The Kier molecular flexibility index (Phi) is 5.59. The van der Waals surface area contributed by atoms with Gasteiger partial charge in [-0.1, -0.05) is 11.6 Å². The van der Waals surface area contributed by atoms with Gasteiger partial charge in [0.25, 0.3) is 0 Å². The van der Waals surface area contributed by atoms with Crippen LogP contribution in [0.1, 0.15) is 6.42 Å². The van der Waals surface area contributed by atoms with Gasteiger partial charge in [0.2, 0.25) is 15.9 Å². The molecule has 2 aromatic rings. The fourth-order valence-corrected chi connectivity index (χ4v) is 4.57. The Morgan fingerprint density at radius 2 is 1.81 bits per heavy atom. The third-order valence-corrected chi connectivity index (χ3v) is 6.03. The topological polar surface area (TPSA) is 84.9 Å². The normalized spacial score (nSPS) is 17.2. The highest BCUT2D eigenvalue weighted by Crippen LogP contribution is 2.29. The molecule has 1 N–H and O–H groups in total. The number of rotatable bonds is 6. The molecule has 1 heterocycles. The molecular weight excluding hydrogens is 392 g/mol. The third-order valence-electron chi connectivity index (χ3n) is 4.30. The summed E-state index contributed by atoms with van der Waals surface area (Å²) in [7, 11) is -1.06. The molecule has 2 aromatic carbocycles. The molecule has 7 nitrogen and oxygen atoms in total. The van der Waals surface area contributed by atoms with Gasteiger partial charge in [-0.2, -0.15) is 4.72 Å². The van der Waals surface area contributed by atoms with E-state index in [9.17, 15) is 13.2 Å². The van der Waals surface area contributed by atoms with E-state index >= 15 is 0 Å². The number of amides is 1. The molecule has 0 spiro atoms. The van der Waals surface area contributed by atoms with E-state index < -0.39 is 16.1 Å². The van der Waals surface area contributed by atoms with E-state index in [1.165, 1.54) is 25.3 Å². The van der Waals surface area contributed by atoms with Crippen molar-refractivity contribution in [1.29, 1.82) is 0 Å². The number of ether oxygens (including phenoxy) is 2. The molecular formula is C18H19ClN2O5S. The average Bonchev–Trinajstić information content (AvgIpc) is 3.01. The largest absolute Gasteiger partial charge is 0.497 e. The fourth-order valence-electron chi connectivity index (χ4n) is 2.92. The molecule has 1 amide bonds. The van der Waals surface area contributed by atoms with E-state index in [4.69, 9.17) is 21.1 Å². The SMILES string of the molecule is COc1ccc(N2CC[C@H](NS(=O)(=O)c3cc(Cl)ccc3OC)C2=O)cc1. The lowest BCUT2D eigenvalue weighted by Crippen LogP contribution is -2.41. The Balaban J connectivity index is 1.80. The quantitative estimate of drug-likeness (QED) is 0.790. The van der Waals surface area contributed by atoms with E-state index in [2.05, 4.69) is 4.72 Å². The van der Waals surface area contributed by atoms with Gasteiger partial charge in [-0.25, -0.2) is 8.42 Å². The molecule has 0 unspecified atom stereocenters. The van der Waals surface area contributed by atoms with Crippen molar-refractivity contribution < 1.29 is 22.7 Å². The Hall–Kier alpha value is -2.29. The van der Waals surface area contributed by atoms with Crippen molar-refractivity contribution in [2.45, 2.75) is 17.4 Å². The Bertz CT molecular complexity index is 947. The predicted molar refractivity (Wildman–Crippen MR) is 102 cm³/mol. The summed E-state index contributed by atoms with van der Waals surface area (Å²) in [5.74, 6) is 0.518.